The zero-order valence-corrected chi connectivity index (χ0v) is 10.3. The topological polar surface area (TPSA) is 69.4 Å². The van der Waals surface area contributed by atoms with E-state index in [9.17, 15) is 17.2 Å². The van der Waals surface area contributed by atoms with Gasteiger partial charge in [0.1, 0.15) is 16.5 Å². The van der Waals surface area contributed by atoms with Gasteiger partial charge in [-0.1, -0.05) is 0 Å². The van der Waals surface area contributed by atoms with Gasteiger partial charge < -0.3 is 10.5 Å². The molecular formula is C11H13F2NO3S. The summed E-state index contributed by atoms with van der Waals surface area (Å²) in [4.78, 5) is -0.910. The highest BCUT2D eigenvalue weighted by Crippen LogP contribution is 2.28. The second-order valence-electron chi connectivity index (χ2n) is 4.20. The number of hydrogen-bond donors (Lipinski definition) is 1. The molecule has 0 spiro atoms. The Morgan fingerprint density at radius 1 is 1.28 bits per heavy atom. The smallest absolute Gasteiger partial charge is 0.189 e. The van der Waals surface area contributed by atoms with Gasteiger partial charge in [-0.25, -0.2) is 17.2 Å². The Bertz CT molecular complexity index is 530. The molecule has 0 radical (unpaired) electrons. The third-order valence-corrected chi connectivity index (χ3v) is 5.07. The van der Waals surface area contributed by atoms with Crippen molar-refractivity contribution < 1.29 is 21.9 Å². The molecule has 0 amide bonds. The van der Waals surface area contributed by atoms with E-state index < -0.39 is 31.6 Å². The molecule has 7 heteroatoms. The first-order valence-electron chi connectivity index (χ1n) is 5.49. The molecule has 0 bridgehead atoms. The fraction of sp³-hybridized carbons (Fsp3) is 0.455. The molecule has 1 fully saturated rings. The molecular weight excluding hydrogens is 264 g/mol. The van der Waals surface area contributed by atoms with Crippen molar-refractivity contribution in [2.75, 3.05) is 18.9 Å². The zero-order chi connectivity index (χ0) is 13.3. The molecule has 18 heavy (non-hydrogen) atoms. The summed E-state index contributed by atoms with van der Waals surface area (Å²) in [6.45, 7) is 0.435. The van der Waals surface area contributed by atoms with Crippen LogP contribution in [0.2, 0.25) is 0 Å². The van der Waals surface area contributed by atoms with Gasteiger partial charge >= 0.3 is 0 Å². The van der Waals surface area contributed by atoms with Gasteiger partial charge in [0.05, 0.1) is 11.9 Å². The van der Waals surface area contributed by atoms with Crippen LogP contribution >= 0.6 is 0 Å². The van der Waals surface area contributed by atoms with Crippen molar-refractivity contribution in [3.8, 4) is 0 Å². The van der Waals surface area contributed by atoms with E-state index in [2.05, 4.69) is 0 Å². The zero-order valence-electron chi connectivity index (χ0n) is 9.53. The number of hydrogen-bond acceptors (Lipinski definition) is 4. The Labute approximate surface area is 104 Å². The lowest BCUT2D eigenvalue weighted by atomic mass is 10.2. The summed E-state index contributed by atoms with van der Waals surface area (Å²) in [5.74, 6) is -2.31. The Hall–Kier alpha value is -1.21. The third-order valence-electron chi connectivity index (χ3n) is 2.86. The van der Waals surface area contributed by atoms with E-state index in [1.54, 1.807) is 0 Å². The van der Waals surface area contributed by atoms with Crippen LogP contribution in [0.15, 0.2) is 17.0 Å². The summed E-state index contributed by atoms with van der Waals surface area (Å²) < 4.78 is 56.6. The van der Waals surface area contributed by atoms with Gasteiger partial charge in [-0.05, 0) is 25.0 Å². The number of rotatable bonds is 2. The first kappa shape index (κ1) is 13.2. The van der Waals surface area contributed by atoms with E-state index in [1.165, 1.54) is 0 Å². The molecule has 1 saturated heterocycles. The normalized spacial score (nSPS) is 20.9. The third kappa shape index (κ3) is 2.32. The highest BCUT2D eigenvalue weighted by atomic mass is 32.2. The predicted octanol–water partition coefficient (Wildman–Crippen LogP) is 1.50. The number of halogens is 2. The van der Waals surface area contributed by atoms with Crippen LogP contribution in [0.4, 0.5) is 14.5 Å². The van der Waals surface area contributed by atoms with Crippen molar-refractivity contribution in [3.05, 3.63) is 23.8 Å². The molecule has 1 heterocycles. The van der Waals surface area contributed by atoms with Gasteiger partial charge in [0.2, 0.25) is 0 Å². The SMILES string of the molecule is Nc1cc(F)c(S(=O)(=O)C2CCCOC2)c(F)c1. The summed E-state index contributed by atoms with van der Waals surface area (Å²) in [6.07, 6.45) is 0.897. The van der Waals surface area contributed by atoms with E-state index >= 15 is 0 Å². The Morgan fingerprint density at radius 2 is 1.89 bits per heavy atom. The van der Waals surface area contributed by atoms with Crippen LogP contribution < -0.4 is 5.73 Å². The van der Waals surface area contributed by atoms with Crippen molar-refractivity contribution in [1.82, 2.24) is 0 Å². The van der Waals surface area contributed by atoms with Crippen LogP contribution in [0, 0.1) is 11.6 Å². The maximum atomic E-state index is 13.6. The molecule has 1 aliphatic heterocycles. The van der Waals surface area contributed by atoms with Crippen molar-refractivity contribution >= 4 is 15.5 Å². The number of benzene rings is 1. The molecule has 0 aromatic heterocycles. The molecule has 0 saturated carbocycles. The van der Waals surface area contributed by atoms with Crippen molar-refractivity contribution in [2.24, 2.45) is 0 Å². The van der Waals surface area contributed by atoms with Crippen LogP contribution in [0.25, 0.3) is 0 Å². The van der Waals surface area contributed by atoms with Gasteiger partial charge in [-0.3, -0.25) is 0 Å². The Balaban J connectivity index is 2.47. The van der Waals surface area contributed by atoms with E-state index in [0.717, 1.165) is 12.1 Å². The standard InChI is InChI=1S/C11H13F2NO3S/c12-9-4-7(14)5-10(13)11(9)18(15,16)8-2-1-3-17-6-8/h4-5,8H,1-3,6,14H2. The second kappa shape index (κ2) is 4.81. The molecule has 1 atom stereocenters. The van der Waals surface area contributed by atoms with E-state index in [1.807, 2.05) is 0 Å². The summed E-state index contributed by atoms with van der Waals surface area (Å²) in [7, 11) is -4.07. The number of sulfone groups is 1. The Kier molecular flexibility index (Phi) is 3.54. The van der Waals surface area contributed by atoms with Crippen LogP contribution in [-0.4, -0.2) is 26.9 Å². The highest BCUT2D eigenvalue weighted by molar-refractivity contribution is 7.92. The Morgan fingerprint density at radius 3 is 2.39 bits per heavy atom. The van der Waals surface area contributed by atoms with Crippen LogP contribution in [0.3, 0.4) is 0 Å². The quantitative estimate of drug-likeness (QED) is 0.832. The average molecular weight is 277 g/mol. The molecule has 1 unspecified atom stereocenters. The number of ether oxygens (including phenoxy) is 1. The van der Waals surface area contributed by atoms with E-state index in [-0.39, 0.29) is 12.3 Å². The second-order valence-corrected chi connectivity index (χ2v) is 6.36. The average Bonchev–Trinajstić information content (AvgIpc) is 2.28. The van der Waals surface area contributed by atoms with Gasteiger partial charge in [0.15, 0.2) is 9.84 Å². The molecule has 2 rings (SSSR count). The minimum Gasteiger partial charge on any atom is -0.399 e. The van der Waals surface area contributed by atoms with Gasteiger partial charge in [0, 0.05) is 12.3 Å². The number of anilines is 1. The fourth-order valence-corrected chi connectivity index (χ4v) is 3.72. The number of nitrogen functional groups attached to an aromatic ring is 1. The van der Waals surface area contributed by atoms with Crippen molar-refractivity contribution in [3.63, 3.8) is 0 Å². The largest absolute Gasteiger partial charge is 0.399 e. The lowest BCUT2D eigenvalue weighted by Gasteiger charge is -2.22. The first-order chi connectivity index (χ1) is 8.43. The maximum Gasteiger partial charge on any atom is 0.189 e. The minimum atomic E-state index is -4.07. The summed E-state index contributed by atoms with van der Waals surface area (Å²) in [6, 6.07) is 1.61. The summed E-state index contributed by atoms with van der Waals surface area (Å²) in [5, 5.41) is -0.904. The fourth-order valence-electron chi connectivity index (χ4n) is 1.97. The molecule has 4 nitrogen and oxygen atoms in total. The lowest BCUT2D eigenvalue weighted by Crippen LogP contribution is -2.32. The maximum absolute atomic E-state index is 13.6. The highest BCUT2D eigenvalue weighted by Gasteiger charge is 2.34. The number of nitrogens with two attached hydrogens (primary N) is 1. The van der Waals surface area contributed by atoms with Crippen molar-refractivity contribution in [1.29, 1.82) is 0 Å². The van der Waals surface area contributed by atoms with E-state index in [0.29, 0.717) is 19.4 Å². The predicted molar refractivity (Wildman–Crippen MR) is 61.8 cm³/mol. The first-order valence-corrected chi connectivity index (χ1v) is 7.03. The van der Waals surface area contributed by atoms with Crippen LogP contribution in [-0.2, 0) is 14.6 Å². The molecule has 1 aliphatic rings. The summed E-state index contributed by atoms with van der Waals surface area (Å²) in [5.41, 5.74) is 5.10. The molecule has 100 valence electrons. The van der Waals surface area contributed by atoms with Gasteiger partial charge in [-0.2, -0.15) is 0 Å². The molecule has 0 aliphatic carbocycles. The minimum absolute atomic E-state index is 0.0361. The lowest BCUT2D eigenvalue weighted by molar-refractivity contribution is 0.0990. The summed E-state index contributed by atoms with van der Waals surface area (Å²) >= 11 is 0. The van der Waals surface area contributed by atoms with Crippen LogP contribution in [0.5, 0.6) is 0 Å². The van der Waals surface area contributed by atoms with Crippen LogP contribution in [0.1, 0.15) is 12.8 Å². The molecule has 1 aromatic carbocycles. The monoisotopic (exact) mass is 277 g/mol. The van der Waals surface area contributed by atoms with E-state index in [4.69, 9.17) is 10.5 Å². The molecule has 1 aromatic rings. The van der Waals surface area contributed by atoms with Gasteiger partial charge in [-0.15, -0.1) is 0 Å². The molecule has 2 N–H and O–H groups in total. The van der Waals surface area contributed by atoms with Gasteiger partial charge in [0.25, 0.3) is 0 Å². The van der Waals surface area contributed by atoms with Crippen molar-refractivity contribution in [2.45, 2.75) is 23.0 Å².